The van der Waals surface area contributed by atoms with Crippen LogP contribution in [0.1, 0.15) is 18.4 Å². The van der Waals surface area contributed by atoms with E-state index in [0.717, 1.165) is 0 Å². The Bertz CT molecular complexity index is 813. The molecule has 1 aliphatic rings. The Hall–Kier alpha value is -2.42. The fraction of sp³-hybridized carbons (Fsp3) is 0.353. The van der Waals surface area contributed by atoms with Crippen molar-refractivity contribution in [3.8, 4) is 17.5 Å². The molecular weight excluding hydrogens is 409 g/mol. The van der Waals surface area contributed by atoms with Crippen molar-refractivity contribution >= 4 is 22.0 Å². The van der Waals surface area contributed by atoms with Gasteiger partial charge in [-0.25, -0.2) is 19.2 Å². The number of likely N-dealkylation sites (tertiary alicyclic amines) is 1. The maximum absolute atomic E-state index is 14.0. The maximum Gasteiger partial charge on any atom is 0.407 e. The first-order valence-electron chi connectivity index (χ1n) is 8.03. The first-order chi connectivity index (χ1) is 12.4. The molecule has 3 rings (SSSR count). The van der Waals surface area contributed by atoms with Gasteiger partial charge in [0.1, 0.15) is 12.4 Å². The normalized spacial score (nSPS) is 15.0. The van der Waals surface area contributed by atoms with E-state index in [2.05, 4.69) is 25.9 Å². The van der Waals surface area contributed by atoms with E-state index in [1.807, 2.05) is 0 Å². The topological polar surface area (TPSA) is 84.8 Å². The summed E-state index contributed by atoms with van der Waals surface area (Å²) in [6.45, 7) is 2.56. The van der Waals surface area contributed by atoms with Gasteiger partial charge in [-0.2, -0.15) is 0 Å². The SMILES string of the molecule is Cc1c(Oc2ccc(Br)cc2F)ncnc1OC1CCN(C(=O)O)CC1. The van der Waals surface area contributed by atoms with E-state index in [0.29, 0.717) is 41.8 Å². The van der Waals surface area contributed by atoms with E-state index in [1.54, 1.807) is 13.0 Å². The van der Waals surface area contributed by atoms with Crippen LogP contribution in [-0.2, 0) is 0 Å². The van der Waals surface area contributed by atoms with Crippen molar-refractivity contribution in [3.63, 3.8) is 0 Å². The number of nitrogens with zero attached hydrogens (tertiary/aromatic N) is 3. The molecule has 1 aliphatic heterocycles. The Kier molecular flexibility index (Phi) is 5.55. The third kappa shape index (κ3) is 4.21. The Balaban J connectivity index is 1.70. The fourth-order valence-corrected chi connectivity index (χ4v) is 2.96. The van der Waals surface area contributed by atoms with Crippen LogP contribution in [0.2, 0.25) is 0 Å². The van der Waals surface area contributed by atoms with Gasteiger partial charge in [0.05, 0.1) is 5.56 Å². The Morgan fingerprint density at radius 3 is 2.65 bits per heavy atom. The van der Waals surface area contributed by atoms with Crippen LogP contribution in [0, 0.1) is 12.7 Å². The summed E-state index contributed by atoms with van der Waals surface area (Å²) in [5.74, 6) is 0.0945. The first-order valence-corrected chi connectivity index (χ1v) is 8.82. The second-order valence-electron chi connectivity index (χ2n) is 5.87. The summed E-state index contributed by atoms with van der Waals surface area (Å²) >= 11 is 3.19. The lowest BCUT2D eigenvalue weighted by atomic mass is 10.1. The van der Waals surface area contributed by atoms with E-state index in [9.17, 15) is 9.18 Å². The quantitative estimate of drug-likeness (QED) is 0.796. The molecule has 138 valence electrons. The lowest BCUT2D eigenvalue weighted by Crippen LogP contribution is -2.41. The molecule has 1 aromatic carbocycles. The fourth-order valence-electron chi connectivity index (χ4n) is 2.63. The van der Waals surface area contributed by atoms with Crippen LogP contribution in [0.15, 0.2) is 29.0 Å². The third-order valence-corrected chi connectivity index (χ3v) is 4.58. The number of halogens is 2. The summed E-state index contributed by atoms with van der Waals surface area (Å²) < 4.78 is 26.0. The highest BCUT2D eigenvalue weighted by Gasteiger charge is 2.25. The molecule has 1 fully saturated rings. The number of carbonyl (C=O) groups is 1. The number of benzene rings is 1. The standard InChI is InChI=1S/C17H17BrFN3O4/c1-10-15(25-12-4-6-22(7-5-12)17(23)24)20-9-21-16(10)26-14-3-2-11(18)8-13(14)19/h2-3,8-9,12H,4-7H2,1H3,(H,23,24). The third-order valence-electron chi connectivity index (χ3n) is 4.08. The molecule has 1 N–H and O–H groups in total. The summed E-state index contributed by atoms with van der Waals surface area (Å²) in [6.07, 6.45) is 1.38. The summed E-state index contributed by atoms with van der Waals surface area (Å²) in [5.41, 5.74) is 0.551. The largest absolute Gasteiger partial charge is 0.474 e. The molecule has 26 heavy (non-hydrogen) atoms. The van der Waals surface area contributed by atoms with Crippen molar-refractivity contribution in [3.05, 3.63) is 40.4 Å². The van der Waals surface area contributed by atoms with Gasteiger partial charge in [-0.15, -0.1) is 0 Å². The second kappa shape index (κ2) is 7.86. The predicted molar refractivity (Wildman–Crippen MR) is 94.2 cm³/mol. The minimum atomic E-state index is -0.922. The lowest BCUT2D eigenvalue weighted by Gasteiger charge is -2.30. The van der Waals surface area contributed by atoms with Crippen molar-refractivity contribution < 1.29 is 23.8 Å². The molecule has 0 radical (unpaired) electrons. The zero-order valence-electron chi connectivity index (χ0n) is 14.0. The monoisotopic (exact) mass is 425 g/mol. The van der Waals surface area contributed by atoms with Gasteiger partial charge < -0.3 is 19.5 Å². The number of rotatable bonds is 4. The molecule has 0 unspecified atom stereocenters. The number of amides is 1. The van der Waals surface area contributed by atoms with Gasteiger partial charge in [0.15, 0.2) is 11.6 Å². The van der Waals surface area contributed by atoms with Crippen LogP contribution in [0.3, 0.4) is 0 Å². The summed E-state index contributed by atoms with van der Waals surface area (Å²) in [7, 11) is 0. The van der Waals surface area contributed by atoms with Crippen molar-refractivity contribution in [1.82, 2.24) is 14.9 Å². The average Bonchev–Trinajstić information content (AvgIpc) is 2.61. The average molecular weight is 426 g/mol. The van der Waals surface area contributed by atoms with Crippen LogP contribution < -0.4 is 9.47 Å². The highest BCUT2D eigenvalue weighted by Crippen LogP contribution is 2.31. The molecule has 1 amide bonds. The zero-order chi connectivity index (χ0) is 18.7. The number of carboxylic acid groups (broad SMARTS) is 1. The van der Waals surface area contributed by atoms with Gasteiger partial charge in [0.2, 0.25) is 11.8 Å². The van der Waals surface area contributed by atoms with Crippen LogP contribution in [0.25, 0.3) is 0 Å². The Labute approximate surface area is 157 Å². The van der Waals surface area contributed by atoms with Crippen LogP contribution in [0.5, 0.6) is 17.5 Å². The predicted octanol–water partition coefficient (Wildman–Crippen LogP) is 4.00. The van der Waals surface area contributed by atoms with E-state index in [1.165, 1.54) is 23.4 Å². The van der Waals surface area contributed by atoms with Gasteiger partial charge in [-0.3, -0.25) is 0 Å². The molecule has 7 nitrogen and oxygen atoms in total. The minimum Gasteiger partial charge on any atom is -0.474 e. The zero-order valence-corrected chi connectivity index (χ0v) is 15.6. The van der Waals surface area contributed by atoms with E-state index in [-0.39, 0.29) is 17.7 Å². The minimum absolute atomic E-state index is 0.0516. The molecule has 1 saturated heterocycles. The van der Waals surface area contributed by atoms with E-state index in [4.69, 9.17) is 14.6 Å². The molecular formula is C17H17BrFN3O4. The summed E-state index contributed by atoms with van der Waals surface area (Å²) in [6, 6.07) is 4.48. The van der Waals surface area contributed by atoms with Crippen molar-refractivity contribution in [2.45, 2.75) is 25.9 Å². The van der Waals surface area contributed by atoms with Gasteiger partial charge >= 0.3 is 6.09 Å². The van der Waals surface area contributed by atoms with Crippen LogP contribution >= 0.6 is 15.9 Å². The molecule has 0 spiro atoms. The van der Waals surface area contributed by atoms with Crippen LogP contribution in [0.4, 0.5) is 9.18 Å². The van der Waals surface area contributed by atoms with Gasteiger partial charge in [0, 0.05) is 30.4 Å². The number of hydrogen-bond acceptors (Lipinski definition) is 5. The maximum atomic E-state index is 14.0. The lowest BCUT2D eigenvalue weighted by molar-refractivity contribution is 0.0864. The van der Waals surface area contributed by atoms with Gasteiger partial charge in [-0.1, -0.05) is 15.9 Å². The summed E-state index contributed by atoms with van der Waals surface area (Å²) in [4.78, 5) is 20.5. The van der Waals surface area contributed by atoms with Gasteiger partial charge in [0.25, 0.3) is 0 Å². The van der Waals surface area contributed by atoms with Gasteiger partial charge in [-0.05, 0) is 25.1 Å². The smallest absolute Gasteiger partial charge is 0.407 e. The van der Waals surface area contributed by atoms with Crippen molar-refractivity contribution in [2.24, 2.45) is 0 Å². The van der Waals surface area contributed by atoms with Crippen molar-refractivity contribution in [1.29, 1.82) is 0 Å². The van der Waals surface area contributed by atoms with Crippen LogP contribution in [-0.4, -0.2) is 45.3 Å². The first kappa shape index (κ1) is 18.4. The molecule has 0 bridgehead atoms. The van der Waals surface area contributed by atoms with Crippen molar-refractivity contribution in [2.75, 3.05) is 13.1 Å². The van der Waals surface area contributed by atoms with E-state index < -0.39 is 11.9 Å². The number of piperidine rings is 1. The number of ether oxygens (including phenoxy) is 2. The Morgan fingerprint density at radius 2 is 2.00 bits per heavy atom. The second-order valence-corrected chi connectivity index (χ2v) is 6.79. The summed E-state index contributed by atoms with van der Waals surface area (Å²) in [5, 5.41) is 8.99. The molecule has 1 aromatic heterocycles. The van der Waals surface area contributed by atoms with E-state index >= 15 is 0 Å². The molecule has 0 saturated carbocycles. The number of hydrogen-bond donors (Lipinski definition) is 1. The molecule has 2 aromatic rings. The number of aromatic nitrogens is 2. The molecule has 2 heterocycles. The molecule has 0 aliphatic carbocycles. The Morgan fingerprint density at radius 1 is 1.31 bits per heavy atom. The highest BCUT2D eigenvalue weighted by molar-refractivity contribution is 9.10. The molecule has 9 heteroatoms. The highest BCUT2D eigenvalue weighted by atomic mass is 79.9. The molecule has 0 atom stereocenters.